The third-order valence-corrected chi connectivity index (χ3v) is 3.41. The van der Waals surface area contributed by atoms with Crippen molar-refractivity contribution in [2.24, 2.45) is 5.84 Å². The molecule has 23 heavy (non-hydrogen) atoms. The van der Waals surface area contributed by atoms with Crippen molar-refractivity contribution in [3.8, 4) is 0 Å². The molecule has 0 atom stereocenters. The van der Waals surface area contributed by atoms with Crippen LogP contribution in [-0.4, -0.2) is 21.7 Å². The third kappa shape index (κ3) is 3.02. The molecule has 0 aliphatic heterocycles. The number of carbonyl (C=O) groups is 2. The van der Waals surface area contributed by atoms with Gasteiger partial charge in [-0.05, 0) is 18.2 Å². The summed E-state index contributed by atoms with van der Waals surface area (Å²) in [4.78, 5) is 31.5. The van der Waals surface area contributed by atoms with Gasteiger partial charge in [-0.25, -0.2) is 5.84 Å². The van der Waals surface area contributed by atoms with E-state index in [2.05, 4.69) is 9.97 Å². The number of hydrazine groups is 1. The van der Waals surface area contributed by atoms with E-state index in [1.54, 1.807) is 24.4 Å². The van der Waals surface area contributed by atoms with E-state index in [-0.39, 0.29) is 11.4 Å². The molecule has 0 fully saturated rings. The highest BCUT2D eigenvalue weighted by atomic mass is 16.2. The number of fused-ring (bicyclic) bond motifs is 1. The standard InChI is InChI=1S/C17H14N4O2/c18-21-16(22)9-13(12-5-3-7-19-10-12)17(23)15-8-11-4-1-2-6-14(11)20-15/h1-10,20H,18H2,(H,21,22). The Balaban J connectivity index is 2.07. The largest absolute Gasteiger partial charge is 0.352 e. The number of amides is 1. The molecular formula is C17H14N4O2. The number of para-hydroxylation sites is 1. The summed E-state index contributed by atoms with van der Waals surface area (Å²) in [6.45, 7) is 0. The SMILES string of the molecule is NNC(=O)C=C(C(=O)c1cc2ccccc2[nH]1)c1cccnc1. The average molecular weight is 306 g/mol. The number of allylic oxidation sites excluding steroid dienone is 1. The molecule has 1 amide bonds. The maximum absolute atomic E-state index is 12.8. The van der Waals surface area contributed by atoms with Crippen LogP contribution in [0.1, 0.15) is 16.1 Å². The van der Waals surface area contributed by atoms with Gasteiger partial charge in [0.25, 0.3) is 5.91 Å². The first-order chi connectivity index (χ1) is 11.2. The molecule has 2 aromatic heterocycles. The maximum atomic E-state index is 12.8. The van der Waals surface area contributed by atoms with Crippen LogP contribution in [0.2, 0.25) is 0 Å². The van der Waals surface area contributed by atoms with Gasteiger partial charge in [0.15, 0.2) is 0 Å². The number of H-pyrrole nitrogens is 1. The lowest BCUT2D eigenvalue weighted by Gasteiger charge is -2.05. The first kappa shape index (κ1) is 14.7. The second kappa shape index (κ2) is 6.25. The van der Waals surface area contributed by atoms with Gasteiger partial charge in [-0.2, -0.15) is 0 Å². The Morgan fingerprint density at radius 1 is 1.17 bits per heavy atom. The summed E-state index contributed by atoms with van der Waals surface area (Å²) in [5.41, 5.74) is 4.00. The summed E-state index contributed by atoms with van der Waals surface area (Å²) in [7, 11) is 0. The number of pyridine rings is 1. The minimum Gasteiger partial charge on any atom is -0.352 e. The first-order valence-corrected chi connectivity index (χ1v) is 6.94. The quantitative estimate of drug-likeness (QED) is 0.225. The van der Waals surface area contributed by atoms with Gasteiger partial charge < -0.3 is 4.98 Å². The molecule has 3 aromatic rings. The second-order valence-corrected chi connectivity index (χ2v) is 4.91. The summed E-state index contributed by atoms with van der Waals surface area (Å²) in [5.74, 6) is 4.25. The molecule has 0 aliphatic carbocycles. The molecule has 2 heterocycles. The van der Waals surface area contributed by atoms with Crippen molar-refractivity contribution in [2.75, 3.05) is 0 Å². The molecule has 0 bridgehead atoms. The van der Waals surface area contributed by atoms with E-state index in [0.717, 1.165) is 10.9 Å². The van der Waals surface area contributed by atoms with E-state index in [9.17, 15) is 9.59 Å². The minimum atomic E-state index is -0.562. The van der Waals surface area contributed by atoms with E-state index in [1.165, 1.54) is 12.3 Å². The Bertz CT molecular complexity index is 864. The van der Waals surface area contributed by atoms with Crippen LogP contribution >= 0.6 is 0 Å². The van der Waals surface area contributed by atoms with Crippen molar-refractivity contribution in [1.82, 2.24) is 15.4 Å². The number of nitrogens with one attached hydrogen (secondary N) is 2. The number of ketones is 1. The van der Waals surface area contributed by atoms with Crippen LogP contribution in [0.3, 0.4) is 0 Å². The Morgan fingerprint density at radius 2 is 2.00 bits per heavy atom. The fourth-order valence-corrected chi connectivity index (χ4v) is 2.32. The van der Waals surface area contributed by atoms with Crippen molar-refractivity contribution in [3.05, 3.63) is 72.2 Å². The maximum Gasteiger partial charge on any atom is 0.258 e. The second-order valence-electron chi connectivity index (χ2n) is 4.91. The number of Topliss-reactive ketones (excluding diaryl/α,β-unsaturated/α-hetero) is 1. The van der Waals surface area contributed by atoms with Gasteiger partial charge in [0.05, 0.1) is 5.69 Å². The van der Waals surface area contributed by atoms with Crippen molar-refractivity contribution in [1.29, 1.82) is 0 Å². The number of nitrogens with two attached hydrogens (primary N) is 1. The molecule has 0 spiro atoms. The van der Waals surface area contributed by atoms with E-state index >= 15 is 0 Å². The van der Waals surface area contributed by atoms with Crippen molar-refractivity contribution in [2.45, 2.75) is 0 Å². The number of hydrogen-bond acceptors (Lipinski definition) is 4. The van der Waals surface area contributed by atoms with Gasteiger partial charge in [-0.3, -0.25) is 20.0 Å². The Labute approximate surface area is 132 Å². The summed E-state index contributed by atoms with van der Waals surface area (Å²) >= 11 is 0. The normalized spacial score (nSPS) is 11.4. The molecular weight excluding hydrogens is 292 g/mol. The van der Waals surface area contributed by atoms with Crippen LogP contribution in [0.25, 0.3) is 16.5 Å². The average Bonchev–Trinajstić information content (AvgIpc) is 3.03. The first-order valence-electron chi connectivity index (χ1n) is 6.94. The Morgan fingerprint density at radius 3 is 2.70 bits per heavy atom. The molecule has 4 N–H and O–H groups in total. The van der Waals surface area contributed by atoms with Crippen LogP contribution in [0, 0.1) is 0 Å². The van der Waals surface area contributed by atoms with Gasteiger partial charge in [-0.1, -0.05) is 24.3 Å². The summed E-state index contributed by atoms with van der Waals surface area (Å²) in [6.07, 6.45) is 4.29. The molecule has 0 unspecified atom stereocenters. The van der Waals surface area contributed by atoms with Crippen molar-refractivity contribution >= 4 is 28.2 Å². The summed E-state index contributed by atoms with van der Waals surface area (Å²) in [6, 6.07) is 12.7. The lowest BCUT2D eigenvalue weighted by molar-refractivity contribution is -0.116. The van der Waals surface area contributed by atoms with Crippen LogP contribution in [0.4, 0.5) is 0 Å². The monoisotopic (exact) mass is 306 g/mol. The number of aromatic amines is 1. The van der Waals surface area contributed by atoms with E-state index in [1.807, 2.05) is 29.7 Å². The molecule has 114 valence electrons. The highest BCUT2D eigenvalue weighted by molar-refractivity contribution is 6.31. The number of carbonyl (C=O) groups excluding carboxylic acids is 2. The molecule has 6 nitrogen and oxygen atoms in total. The Hall–Kier alpha value is -3.25. The van der Waals surface area contributed by atoms with Gasteiger partial charge in [-0.15, -0.1) is 0 Å². The topological polar surface area (TPSA) is 101 Å². The predicted octanol–water partition coefficient (Wildman–Crippen LogP) is 1.82. The number of hydrogen-bond donors (Lipinski definition) is 3. The fraction of sp³-hybridized carbons (Fsp3) is 0. The van der Waals surface area contributed by atoms with Gasteiger partial charge in [0.1, 0.15) is 0 Å². The summed E-state index contributed by atoms with van der Waals surface area (Å²) in [5, 5.41) is 0.921. The number of rotatable bonds is 4. The van der Waals surface area contributed by atoms with Gasteiger partial charge in [0, 0.05) is 40.5 Å². The smallest absolute Gasteiger partial charge is 0.258 e. The minimum absolute atomic E-state index is 0.215. The zero-order valence-corrected chi connectivity index (χ0v) is 12.1. The van der Waals surface area contributed by atoms with Crippen molar-refractivity contribution < 1.29 is 9.59 Å². The zero-order valence-electron chi connectivity index (χ0n) is 12.1. The van der Waals surface area contributed by atoms with Crippen molar-refractivity contribution in [3.63, 3.8) is 0 Å². The zero-order chi connectivity index (χ0) is 16.2. The van der Waals surface area contributed by atoms with Crippen LogP contribution in [0.15, 0.2) is 60.9 Å². The number of benzene rings is 1. The molecule has 1 aromatic carbocycles. The van der Waals surface area contributed by atoms with Crippen LogP contribution < -0.4 is 11.3 Å². The van der Waals surface area contributed by atoms with Gasteiger partial charge in [0.2, 0.25) is 5.78 Å². The number of nitrogens with zero attached hydrogens (tertiary/aromatic N) is 1. The van der Waals surface area contributed by atoms with Crippen LogP contribution in [0.5, 0.6) is 0 Å². The number of aromatic nitrogens is 2. The highest BCUT2D eigenvalue weighted by Crippen LogP contribution is 2.22. The molecule has 0 saturated heterocycles. The molecule has 0 radical (unpaired) electrons. The molecule has 0 aliphatic rings. The molecule has 3 rings (SSSR count). The molecule has 0 saturated carbocycles. The third-order valence-electron chi connectivity index (χ3n) is 3.41. The predicted molar refractivity (Wildman–Crippen MR) is 87.2 cm³/mol. The van der Waals surface area contributed by atoms with E-state index in [4.69, 9.17) is 5.84 Å². The summed E-state index contributed by atoms with van der Waals surface area (Å²) < 4.78 is 0. The Kier molecular flexibility index (Phi) is 3.99. The lowest BCUT2D eigenvalue weighted by atomic mass is 10.0. The fourth-order valence-electron chi connectivity index (χ4n) is 2.32. The van der Waals surface area contributed by atoms with Gasteiger partial charge >= 0.3 is 0 Å². The van der Waals surface area contributed by atoms with E-state index < -0.39 is 5.91 Å². The molecule has 6 heteroatoms. The van der Waals surface area contributed by atoms with E-state index in [0.29, 0.717) is 11.3 Å². The highest BCUT2D eigenvalue weighted by Gasteiger charge is 2.18. The van der Waals surface area contributed by atoms with Crippen LogP contribution in [-0.2, 0) is 4.79 Å². The lowest BCUT2D eigenvalue weighted by Crippen LogP contribution is -2.28.